The molecule has 2 heterocycles. The van der Waals surface area contributed by atoms with E-state index in [1.165, 1.54) is 5.56 Å². The van der Waals surface area contributed by atoms with Crippen LogP contribution in [0.3, 0.4) is 0 Å². The summed E-state index contributed by atoms with van der Waals surface area (Å²) < 4.78 is 11.7. The second-order valence-electron chi connectivity index (χ2n) is 5.87. The lowest BCUT2D eigenvalue weighted by Gasteiger charge is -2.38. The molecular formula is C19H20N2O2. The number of hydrogen-bond acceptors (Lipinski definition) is 4. The zero-order valence-electron chi connectivity index (χ0n) is 13.4. The highest BCUT2D eigenvalue weighted by molar-refractivity contribution is 6.01. The molecule has 0 unspecified atom stereocenters. The summed E-state index contributed by atoms with van der Waals surface area (Å²) in [7, 11) is 1.69. The van der Waals surface area contributed by atoms with Crippen molar-refractivity contribution >= 4 is 5.71 Å². The highest BCUT2D eigenvalue weighted by Crippen LogP contribution is 2.47. The molecule has 4 heteroatoms. The molecular weight excluding hydrogens is 288 g/mol. The van der Waals surface area contributed by atoms with Crippen molar-refractivity contribution in [2.45, 2.75) is 32.0 Å². The Kier molecular flexibility index (Phi) is 3.45. The fourth-order valence-electron chi connectivity index (χ4n) is 3.39. The van der Waals surface area contributed by atoms with Crippen LogP contribution in [0.15, 0.2) is 53.6 Å². The maximum absolute atomic E-state index is 6.20. The standard InChI is InChI=1S/C19H20N2O2/c1-3-18-21-16(12-15(20-21)13-8-5-4-6-9-13)14-10-7-11-17(22-2)19(14)23-18/h4-11,16,18H,3,12H2,1-2H3/t16-,18-/m1/s1. The molecule has 2 atom stereocenters. The molecule has 2 aliphatic heterocycles. The fourth-order valence-corrected chi connectivity index (χ4v) is 3.39. The van der Waals surface area contributed by atoms with Gasteiger partial charge in [-0.15, -0.1) is 0 Å². The second-order valence-corrected chi connectivity index (χ2v) is 5.87. The van der Waals surface area contributed by atoms with E-state index >= 15 is 0 Å². The minimum atomic E-state index is -0.0509. The van der Waals surface area contributed by atoms with Crippen LogP contribution in [0, 0.1) is 0 Å². The smallest absolute Gasteiger partial charge is 0.187 e. The van der Waals surface area contributed by atoms with Crippen LogP contribution in [-0.4, -0.2) is 24.1 Å². The lowest BCUT2D eigenvalue weighted by atomic mass is 9.96. The lowest BCUT2D eigenvalue weighted by Crippen LogP contribution is -2.39. The highest BCUT2D eigenvalue weighted by atomic mass is 16.5. The molecule has 0 saturated heterocycles. The molecule has 118 valence electrons. The van der Waals surface area contributed by atoms with Crippen LogP contribution >= 0.6 is 0 Å². The Balaban J connectivity index is 1.76. The van der Waals surface area contributed by atoms with E-state index in [-0.39, 0.29) is 12.3 Å². The van der Waals surface area contributed by atoms with E-state index in [0.717, 1.165) is 35.6 Å². The first kappa shape index (κ1) is 14.1. The molecule has 0 amide bonds. The predicted octanol–water partition coefficient (Wildman–Crippen LogP) is 3.97. The first-order valence-corrected chi connectivity index (χ1v) is 8.06. The Bertz CT molecular complexity index is 742. The third-order valence-corrected chi connectivity index (χ3v) is 4.54. The van der Waals surface area contributed by atoms with Gasteiger partial charge in [-0.05, 0) is 11.6 Å². The van der Waals surface area contributed by atoms with Crippen LogP contribution in [0.1, 0.15) is 36.9 Å². The van der Waals surface area contributed by atoms with Crippen molar-refractivity contribution in [1.82, 2.24) is 5.01 Å². The van der Waals surface area contributed by atoms with Crippen LogP contribution in [0.4, 0.5) is 0 Å². The Morgan fingerprint density at radius 1 is 1.17 bits per heavy atom. The summed E-state index contributed by atoms with van der Waals surface area (Å²) in [4.78, 5) is 0. The number of hydrogen-bond donors (Lipinski definition) is 0. The summed E-state index contributed by atoms with van der Waals surface area (Å²) in [6, 6.07) is 16.7. The zero-order valence-corrected chi connectivity index (χ0v) is 13.4. The molecule has 0 bridgehead atoms. The molecule has 0 fully saturated rings. The number of benzene rings is 2. The van der Waals surface area contributed by atoms with E-state index < -0.39 is 0 Å². The summed E-state index contributed by atoms with van der Waals surface area (Å²) in [5.74, 6) is 1.67. The maximum atomic E-state index is 6.20. The normalized spacial score (nSPS) is 22.0. The first-order chi connectivity index (χ1) is 11.3. The van der Waals surface area contributed by atoms with Crippen molar-refractivity contribution in [2.24, 2.45) is 5.10 Å². The number of hydrazone groups is 1. The van der Waals surface area contributed by atoms with Crippen LogP contribution in [0.2, 0.25) is 0 Å². The monoisotopic (exact) mass is 308 g/mol. The van der Waals surface area contributed by atoms with Crippen LogP contribution in [0.5, 0.6) is 11.5 Å². The van der Waals surface area contributed by atoms with Crippen LogP contribution in [-0.2, 0) is 0 Å². The highest BCUT2D eigenvalue weighted by Gasteiger charge is 2.40. The Morgan fingerprint density at radius 2 is 2.00 bits per heavy atom. The van der Waals surface area contributed by atoms with Gasteiger partial charge in [-0.25, -0.2) is 0 Å². The van der Waals surface area contributed by atoms with Gasteiger partial charge in [0, 0.05) is 18.4 Å². The van der Waals surface area contributed by atoms with E-state index in [0.29, 0.717) is 0 Å². The third kappa shape index (κ3) is 2.25. The number of methoxy groups -OCH3 is 1. The minimum Gasteiger partial charge on any atom is -0.493 e. The summed E-state index contributed by atoms with van der Waals surface area (Å²) >= 11 is 0. The van der Waals surface area contributed by atoms with E-state index in [4.69, 9.17) is 14.6 Å². The molecule has 4 rings (SSSR count). The van der Waals surface area contributed by atoms with E-state index in [1.54, 1.807) is 7.11 Å². The van der Waals surface area contributed by atoms with Crippen molar-refractivity contribution < 1.29 is 9.47 Å². The Hall–Kier alpha value is -2.49. The number of nitrogens with zero attached hydrogens (tertiary/aromatic N) is 2. The van der Waals surface area contributed by atoms with Crippen molar-refractivity contribution in [1.29, 1.82) is 0 Å². The van der Waals surface area contributed by atoms with Gasteiger partial charge in [0.1, 0.15) is 0 Å². The zero-order chi connectivity index (χ0) is 15.8. The topological polar surface area (TPSA) is 34.1 Å². The molecule has 0 spiro atoms. The fraction of sp³-hybridized carbons (Fsp3) is 0.316. The lowest BCUT2D eigenvalue weighted by molar-refractivity contribution is -0.0206. The van der Waals surface area contributed by atoms with E-state index in [1.807, 2.05) is 18.2 Å². The summed E-state index contributed by atoms with van der Waals surface area (Å²) in [5.41, 5.74) is 3.46. The molecule has 23 heavy (non-hydrogen) atoms. The maximum Gasteiger partial charge on any atom is 0.187 e. The number of para-hydroxylation sites is 1. The van der Waals surface area contributed by atoms with E-state index in [9.17, 15) is 0 Å². The quantitative estimate of drug-likeness (QED) is 0.860. The number of fused-ring (bicyclic) bond motifs is 3. The summed E-state index contributed by atoms with van der Waals surface area (Å²) in [5, 5.41) is 6.99. The van der Waals surface area contributed by atoms with Gasteiger partial charge in [0.2, 0.25) is 0 Å². The first-order valence-electron chi connectivity index (χ1n) is 8.06. The van der Waals surface area contributed by atoms with Gasteiger partial charge in [-0.2, -0.15) is 5.10 Å². The molecule has 4 nitrogen and oxygen atoms in total. The molecule has 0 aliphatic carbocycles. The van der Waals surface area contributed by atoms with Gasteiger partial charge >= 0.3 is 0 Å². The number of rotatable bonds is 3. The molecule has 0 aromatic heterocycles. The number of ether oxygens (including phenoxy) is 2. The SMILES string of the molecule is CC[C@H]1Oc2c(OC)cccc2[C@H]2CC(c3ccccc3)=NN21. The average Bonchev–Trinajstić information content (AvgIpc) is 3.07. The van der Waals surface area contributed by atoms with Crippen molar-refractivity contribution in [3.8, 4) is 11.5 Å². The van der Waals surface area contributed by atoms with Gasteiger partial charge in [0.25, 0.3) is 0 Å². The predicted molar refractivity (Wildman–Crippen MR) is 89.9 cm³/mol. The summed E-state index contributed by atoms with van der Waals surface area (Å²) in [6.45, 7) is 2.12. The van der Waals surface area contributed by atoms with Gasteiger partial charge in [-0.1, -0.05) is 49.4 Å². The van der Waals surface area contributed by atoms with Crippen molar-refractivity contribution in [2.75, 3.05) is 7.11 Å². The Morgan fingerprint density at radius 3 is 2.74 bits per heavy atom. The summed E-state index contributed by atoms with van der Waals surface area (Å²) in [6.07, 6.45) is 1.72. The molecule has 2 aromatic carbocycles. The van der Waals surface area contributed by atoms with Crippen molar-refractivity contribution in [3.63, 3.8) is 0 Å². The van der Waals surface area contributed by atoms with Crippen LogP contribution in [0.25, 0.3) is 0 Å². The minimum absolute atomic E-state index is 0.0509. The van der Waals surface area contributed by atoms with Crippen LogP contribution < -0.4 is 9.47 Å². The largest absolute Gasteiger partial charge is 0.493 e. The van der Waals surface area contributed by atoms with Gasteiger partial charge < -0.3 is 9.47 Å². The third-order valence-electron chi connectivity index (χ3n) is 4.54. The molecule has 2 aromatic rings. The molecule has 2 aliphatic rings. The van der Waals surface area contributed by atoms with E-state index in [2.05, 4.69) is 42.3 Å². The van der Waals surface area contributed by atoms with Gasteiger partial charge in [0.05, 0.1) is 18.9 Å². The second kappa shape index (κ2) is 5.61. The van der Waals surface area contributed by atoms with Gasteiger partial charge in [-0.3, -0.25) is 5.01 Å². The Labute approximate surface area is 136 Å². The van der Waals surface area contributed by atoms with Gasteiger partial charge in [0.15, 0.2) is 17.7 Å². The molecule has 0 N–H and O–H groups in total. The molecule has 0 saturated carbocycles. The van der Waals surface area contributed by atoms with Crippen molar-refractivity contribution in [3.05, 3.63) is 59.7 Å². The average molecular weight is 308 g/mol. The molecule has 0 radical (unpaired) electrons.